The molecule has 0 unspecified atom stereocenters. The molecule has 0 aromatic heterocycles. The van der Waals surface area contributed by atoms with E-state index < -0.39 is 11.4 Å². The third-order valence-electron chi connectivity index (χ3n) is 1.47. The Morgan fingerprint density at radius 2 is 1.93 bits per heavy atom. The highest BCUT2D eigenvalue weighted by molar-refractivity contribution is 6.32. The molecule has 0 spiro atoms. The van der Waals surface area contributed by atoms with Crippen LogP contribution in [0.3, 0.4) is 0 Å². The van der Waals surface area contributed by atoms with Crippen LogP contribution in [0.25, 0.3) is 0 Å². The lowest BCUT2D eigenvalue weighted by atomic mass is 10.2. The second-order valence-corrected chi connectivity index (χ2v) is 4.43. The van der Waals surface area contributed by atoms with Crippen LogP contribution in [0.4, 0.5) is 10.1 Å². The van der Waals surface area contributed by atoms with Gasteiger partial charge in [-0.1, -0.05) is 11.6 Å². The molecule has 4 heteroatoms. The quantitative estimate of drug-likeness (QED) is 0.733. The molecule has 1 aromatic carbocycles. The third-order valence-corrected chi connectivity index (χ3v) is 1.76. The summed E-state index contributed by atoms with van der Waals surface area (Å²) in [6.45, 7) is 5.58. The smallest absolute Gasteiger partial charge is 0.149 e. The maximum Gasteiger partial charge on any atom is 0.149 e. The van der Waals surface area contributed by atoms with Crippen LogP contribution >= 0.6 is 11.6 Å². The molecule has 0 atom stereocenters. The number of benzene rings is 1. The molecule has 2 nitrogen and oxygen atoms in total. The average Bonchev–Trinajstić information content (AvgIpc) is 1.97. The van der Waals surface area contributed by atoms with Gasteiger partial charge in [0, 0.05) is 6.07 Å². The number of rotatable bonds is 1. The van der Waals surface area contributed by atoms with Crippen molar-refractivity contribution >= 4 is 17.3 Å². The Bertz CT molecular complexity index is 347. The first kappa shape index (κ1) is 11.1. The van der Waals surface area contributed by atoms with Crippen LogP contribution in [0.15, 0.2) is 12.1 Å². The summed E-state index contributed by atoms with van der Waals surface area (Å²) in [6, 6.07) is 2.54. The van der Waals surface area contributed by atoms with E-state index in [9.17, 15) is 4.39 Å². The fourth-order valence-corrected chi connectivity index (χ4v) is 1.16. The van der Waals surface area contributed by atoms with Gasteiger partial charge in [-0.3, -0.25) is 0 Å². The topological polar surface area (TPSA) is 35.2 Å². The summed E-state index contributed by atoms with van der Waals surface area (Å²) in [4.78, 5) is 0. The van der Waals surface area contributed by atoms with Gasteiger partial charge in [0.15, 0.2) is 0 Å². The summed E-state index contributed by atoms with van der Waals surface area (Å²) in [5.41, 5.74) is 4.95. The highest BCUT2D eigenvalue weighted by Gasteiger charge is 2.15. The lowest BCUT2D eigenvalue weighted by Gasteiger charge is -2.22. The van der Waals surface area contributed by atoms with Crippen LogP contribution in [0.1, 0.15) is 20.8 Å². The first-order chi connectivity index (χ1) is 6.29. The minimum atomic E-state index is -0.520. The summed E-state index contributed by atoms with van der Waals surface area (Å²) < 4.78 is 18.5. The average molecular weight is 218 g/mol. The minimum Gasteiger partial charge on any atom is -0.486 e. The van der Waals surface area contributed by atoms with E-state index in [0.29, 0.717) is 10.8 Å². The highest BCUT2D eigenvalue weighted by atomic mass is 35.5. The number of nitrogens with two attached hydrogens (primary N) is 1. The summed E-state index contributed by atoms with van der Waals surface area (Å²) in [5, 5.41) is 0.318. The fraction of sp³-hybridized carbons (Fsp3) is 0.400. The SMILES string of the molecule is CC(C)(C)Oc1cc(F)c(N)cc1Cl. The molecule has 1 rings (SSSR count). The molecule has 0 saturated heterocycles. The zero-order valence-corrected chi connectivity index (χ0v) is 9.15. The molecule has 1 aromatic rings. The molecule has 0 fully saturated rings. The first-order valence-electron chi connectivity index (χ1n) is 4.23. The van der Waals surface area contributed by atoms with Gasteiger partial charge in [-0.25, -0.2) is 4.39 Å². The van der Waals surface area contributed by atoms with Crippen molar-refractivity contribution in [1.82, 2.24) is 0 Å². The van der Waals surface area contributed by atoms with Gasteiger partial charge < -0.3 is 10.5 Å². The largest absolute Gasteiger partial charge is 0.486 e. The Labute approximate surface area is 87.8 Å². The highest BCUT2D eigenvalue weighted by Crippen LogP contribution is 2.31. The number of ether oxygens (including phenoxy) is 1. The van der Waals surface area contributed by atoms with Crippen molar-refractivity contribution in [1.29, 1.82) is 0 Å². The van der Waals surface area contributed by atoms with Gasteiger partial charge in [-0.05, 0) is 26.8 Å². The molecule has 0 aliphatic rings. The van der Waals surface area contributed by atoms with Crippen LogP contribution in [0.2, 0.25) is 5.02 Å². The Kier molecular flexibility index (Phi) is 2.90. The lowest BCUT2D eigenvalue weighted by molar-refractivity contribution is 0.130. The molecule has 0 saturated carbocycles. The van der Waals surface area contributed by atoms with Crippen molar-refractivity contribution < 1.29 is 9.13 Å². The van der Waals surface area contributed by atoms with Gasteiger partial charge in [-0.15, -0.1) is 0 Å². The van der Waals surface area contributed by atoms with Crippen molar-refractivity contribution in [3.63, 3.8) is 0 Å². The second kappa shape index (κ2) is 3.65. The molecule has 0 bridgehead atoms. The summed E-state index contributed by atoms with van der Waals surface area (Å²) in [6.07, 6.45) is 0. The number of hydrogen-bond donors (Lipinski definition) is 1. The van der Waals surface area contributed by atoms with Crippen molar-refractivity contribution in [2.75, 3.05) is 5.73 Å². The number of anilines is 1. The number of halogens is 2. The standard InChI is InChI=1S/C10H13ClFNO/c1-10(2,3)14-9-5-7(12)8(13)4-6(9)11/h4-5H,13H2,1-3H3. The Balaban J connectivity index is 3.04. The van der Waals surface area contributed by atoms with Gasteiger partial charge in [0.25, 0.3) is 0 Å². The van der Waals surface area contributed by atoms with Gasteiger partial charge in [0.05, 0.1) is 10.7 Å². The third kappa shape index (κ3) is 2.77. The molecule has 2 N–H and O–H groups in total. The Morgan fingerprint density at radius 3 is 2.43 bits per heavy atom. The maximum absolute atomic E-state index is 13.1. The minimum absolute atomic E-state index is 0.0243. The van der Waals surface area contributed by atoms with Gasteiger partial charge >= 0.3 is 0 Å². The van der Waals surface area contributed by atoms with Gasteiger partial charge in [0.1, 0.15) is 17.2 Å². The van der Waals surface area contributed by atoms with E-state index in [1.54, 1.807) is 0 Å². The van der Waals surface area contributed by atoms with Crippen LogP contribution in [0, 0.1) is 5.82 Å². The van der Waals surface area contributed by atoms with Crippen molar-refractivity contribution in [2.45, 2.75) is 26.4 Å². The maximum atomic E-state index is 13.1. The molecule has 0 aliphatic heterocycles. The molecule has 0 radical (unpaired) electrons. The Morgan fingerprint density at radius 1 is 1.36 bits per heavy atom. The van der Waals surface area contributed by atoms with Crippen LogP contribution in [-0.2, 0) is 0 Å². The van der Waals surface area contributed by atoms with E-state index in [1.165, 1.54) is 12.1 Å². The Hall–Kier alpha value is -0.960. The molecular weight excluding hydrogens is 205 g/mol. The predicted octanol–water partition coefficient (Wildman–Crippen LogP) is 3.24. The number of hydrogen-bond acceptors (Lipinski definition) is 2. The van der Waals surface area contributed by atoms with E-state index >= 15 is 0 Å². The predicted molar refractivity (Wildman–Crippen MR) is 56.2 cm³/mol. The van der Waals surface area contributed by atoms with Crippen LogP contribution < -0.4 is 10.5 Å². The zero-order valence-electron chi connectivity index (χ0n) is 8.40. The van der Waals surface area contributed by atoms with E-state index in [0.717, 1.165) is 0 Å². The second-order valence-electron chi connectivity index (χ2n) is 4.02. The monoisotopic (exact) mass is 217 g/mol. The van der Waals surface area contributed by atoms with Crippen molar-refractivity contribution in [3.8, 4) is 5.75 Å². The van der Waals surface area contributed by atoms with Crippen LogP contribution in [0.5, 0.6) is 5.75 Å². The normalized spacial score (nSPS) is 11.5. The van der Waals surface area contributed by atoms with Crippen LogP contribution in [-0.4, -0.2) is 5.60 Å². The van der Waals surface area contributed by atoms with Gasteiger partial charge in [0.2, 0.25) is 0 Å². The summed E-state index contributed by atoms with van der Waals surface area (Å²) >= 11 is 5.84. The molecule has 14 heavy (non-hydrogen) atoms. The molecule has 78 valence electrons. The molecular formula is C10H13ClFNO. The fourth-order valence-electron chi connectivity index (χ4n) is 0.952. The van der Waals surface area contributed by atoms with Crippen molar-refractivity contribution in [2.24, 2.45) is 0 Å². The molecule has 0 heterocycles. The van der Waals surface area contributed by atoms with E-state index in [2.05, 4.69) is 0 Å². The summed E-state index contributed by atoms with van der Waals surface area (Å²) in [5.74, 6) is -0.209. The van der Waals surface area contributed by atoms with E-state index in [4.69, 9.17) is 22.1 Å². The van der Waals surface area contributed by atoms with E-state index in [1.807, 2.05) is 20.8 Å². The lowest BCUT2D eigenvalue weighted by Crippen LogP contribution is -2.23. The van der Waals surface area contributed by atoms with Crippen molar-refractivity contribution in [3.05, 3.63) is 23.0 Å². The molecule has 0 aliphatic carbocycles. The summed E-state index contributed by atoms with van der Waals surface area (Å²) in [7, 11) is 0. The molecule has 0 amide bonds. The first-order valence-corrected chi connectivity index (χ1v) is 4.61. The number of nitrogen functional groups attached to an aromatic ring is 1. The van der Waals surface area contributed by atoms with E-state index in [-0.39, 0.29) is 5.69 Å². The van der Waals surface area contributed by atoms with Gasteiger partial charge in [-0.2, -0.15) is 0 Å². The zero-order chi connectivity index (χ0) is 10.9.